The van der Waals surface area contributed by atoms with Gasteiger partial charge in [0.1, 0.15) is 16.5 Å². The molecule has 3 rings (SSSR count). The standard InChI is InChI=1S/C16H11ClN4O4/c17-14-12(9-19-21-15(14)22)20-18-8-10-3-5-11(6-4-10)25-16(23)13-2-1-7-24-13/h1-9H,(H2,20,21,22)/b18-8+. The van der Waals surface area contributed by atoms with Crippen LogP contribution in [0.5, 0.6) is 5.75 Å². The third kappa shape index (κ3) is 4.12. The Kier molecular flexibility index (Phi) is 4.91. The van der Waals surface area contributed by atoms with Crippen LogP contribution >= 0.6 is 11.6 Å². The number of nitrogens with zero attached hydrogens (tertiary/aromatic N) is 2. The van der Waals surface area contributed by atoms with Crippen LogP contribution in [0.3, 0.4) is 0 Å². The highest BCUT2D eigenvalue weighted by atomic mass is 35.5. The number of benzene rings is 1. The van der Waals surface area contributed by atoms with Crippen LogP contribution in [0.1, 0.15) is 16.1 Å². The van der Waals surface area contributed by atoms with Gasteiger partial charge in [-0.25, -0.2) is 9.89 Å². The molecule has 126 valence electrons. The number of ether oxygens (including phenoxy) is 1. The second-order valence-corrected chi connectivity index (χ2v) is 5.11. The average Bonchev–Trinajstić information content (AvgIpc) is 3.15. The van der Waals surface area contributed by atoms with E-state index in [9.17, 15) is 9.59 Å². The first-order valence-corrected chi connectivity index (χ1v) is 7.39. The normalized spacial score (nSPS) is 10.8. The number of carbonyl (C=O) groups is 1. The topological polar surface area (TPSA) is 110 Å². The molecule has 9 heteroatoms. The van der Waals surface area contributed by atoms with E-state index < -0.39 is 11.5 Å². The van der Waals surface area contributed by atoms with Crippen LogP contribution in [-0.4, -0.2) is 22.4 Å². The quantitative estimate of drug-likeness (QED) is 0.314. The van der Waals surface area contributed by atoms with Crippen LogP contribution in [0.15, 0.2) is 63.2 Å². The highest BCUT2D eigenvalue weighted by Gasteiger charge is 2.10. The van der Waals surface area contributed by atoms with Gasteiger partial charge in [0.15, 0.2) is 0 Å². The first kappa shape index (κ1) is 16.5. The van der Waals surface area contributed by atoms with Crippen LogP contribution in [0, 0.1) is 0 Å². The minimum absolute atomic E-state index is 0.0349. The summed E-state index contributed by atoms with van der Waals surface area (Å²) in [5.74, 6) is -0.0870. The van der Waals surface area contributed by atoms with E-state index in [0.29, 0.717) is 5.75 Å². The fraction of sp³-hybridized carbons (Fsp3) is 0. The van der Waals surface area contributed by atoms with Gasteiger partial charge in [-0.1, -0.05) is 11.6 Å². The third-order valence-electron chi connectivity index (χ3n) is 3.01. The summed E-state index contributed by atoms with van der Waals surface area (Å²) in [6, 6.07) is 9.75. The smallest absolute Gasteiger partial charge is 0.379 e. The fourth-order valence-electron chi connectivity index (χ4n) is 1.81. The van der Waals surface area contributed by atoms with Crippen LogP contribution in [0.4, 0.5) is 5.69 Å². The van der Waals surface area contributed by atoms with Gasteiger partial charge in [-0.3, -0.25) is 10.2 Å². The number of anilines is 1. The van der Waals surface area contributed by atoms with Gasteiger partial charge in [0, 0.05) is 0 Å². The van der Waals surface area contributed by atoms with Gasteiger partial charge in [-0.15, -0.1) is 0 Å². The van der Waals surface area contributed by atoms with E-state index in [1.165, 1.54) is 24.7 Å². The summed E-state index contributed by atoms with van der Waals surface area (Å²) in [5.41, 5.74) is 3.13. The third-order valence-corrected chi connectivity index (χ3v) is 3.38. The van der Waals surface area contributed by atoms with Crippen LogP contribution in [0.2, 0.25) is 5.02 Å². The number of furan rings is 1. The molecule has 2 aromatic heterocycles. The summed E-state index contributed by atoms with van der Waals surface area (Å²) in [6.07, 6.45) is 4.25. The molecule has 0 spiro atoms. The zero-order valence-electron chi connectivity index (χ0n) is 12.6. The van der Waals surface area contributed by atoms with E-state index in [2.05, 4.69) is 20.7 Å². The molecule has 0 bridgehead atoms. The molecule has 2 heterocycles. The summed E-state index contributed by atoms with van der Waals surface area (Å²) in [6.45, 7) is 0. The highest BCUT2D eigenvalue weighted by Crippen LogP contribution is 2.15. The first-order chi connectivity index (χ1) is 12.1. The number of hydrogen-bond donors (Lipinski definition) is 2. The van der Waals surface area contributed by atoms with Gasteiger partial charge in [-0.05, 0) is 42.0 Å². The lowest BCUT2D eigenvalue weighted by molar-refractivity contribution is 0.0701. The van der Waals surface area contributed by atoms with Crippen molar-refractivity contribution in [3.8, 4) is 5.75 Å². The maximum absolute atomic E-state index is 11.7. The number of aromatic amines is 1. The van der Waals surface area contributed by atoms with Crippen molar-refractivity contribution in [3.05, 3.63) is 75.6 Å². The Bertz CT molecular complexity index is 949. The van der Waals surface area contributed by atoms with Crippen molar-refractivity contribution in [1.29, 1.82) is 0 Å². The Morgan fingerprint density at radius 1 is 1.32 bits per heavy atom. The lowest BCUT2D eigenvalue weighted by Gasteiger charge is -2.03. The lowest BCUT2D eigenvalue weighted by Crippen LogP contribution is -2.10. The summed E-state index contributed by atoms with van der Waals surface area (Å²) in [4.78, 5) is 23.0. The molecule has 0 aliphatic heterocycles. The number of rotatable bonds is 5. The van der Waals surface area contributed by atoms with Crippen molar-refractivity contribution in [2.45, 2.75) is 0 Å². The van der Waals surface area contributed by atoms with Crippen LogP contribution in [0.25, 0.3) is 0 Å². The maximum Gasteiger partial charge on any atom is 0.379 e. The molecule has 0 atom stereocenters. The minimum Gasteiger partial charge on any atom is -0.457 e. The summed E-state index contributed by atoms with van der Waals surface area (Å²) in [7, 11) is 0. The molecule has 0 aliphatic rings. The molecule has 3 aromatic rings. The van der Waals surface area contributed by atoms with E-state index in [4.69, 9.17) is 20.8 Å². The molecule has 2 N–H and O–H groups in total. The first-order valence-electron chi connectivity index (χ1n) is 7.01. The monoisotopic (exact) mass is 358 g/mol. The van der Waals surface area contributed by atoms with Gasteiger partial charge in [0.05, 0.1) is 18.7 Å². The molecule has 0 amide bonds. The van der Waals surface area contributed by atoms with Crippen LogP contribution < -0.4 is 15.7 Å². The van der Waals surface area contributed by atoms with Crippen LogP contribution in [-0.2, 0) is 0 Å². The van der Waals surface area contributed by atoms with Gasteiger partial charge in [0.2, 0.25) is 5.76 Å². The summed E-state index contributed by atoms with van der Waals surface area (Å²) in [5, 5.41) is 9.75. The molecular formula is C16H11ClN4O4. The molecule has 8 nitrogen and oxygen atoms in total. The number of aromatic nitrogens is 2. The molecule has 0 radical (unpaired) electrons. The number of hydrogen-bond acceptors (Lipinski definition) is 7. The average molecular weight is 359 g/mol. The van der Waals surface area contributed by atoms with Crippen molar-refractivity contribution in [2.75, 3.05) is 5.43 Å². The van der Waals surface area contributed by atoms with Crippen molar-refractivity contribution in [2.24, 2.45) is 5.10 Å². The lowest BCUT2D eigenvalue weighted by atomic mass is 10.2. The Balaban J connectivity index is 1.61. The molecule has 0 aliphatic carbocycles. The Labute approximate surface area is 146 Å². The number of nitrogens with one attached hydrogen (secondary N) is 2. The Morgan fingerprint density at radius 3 is 2.84 bits per heavy atom. The molecule has 25 heavy (non-hydrogen) atoms. The van der Waals surface area contributed by atoms with Crippen molar-refractivity contribution < 1.29 is 13.9 Å². The Morgan fingerprint density at radius 2 is 2.12 bits per heavy atom. The highest BCUT2D eigenvalue weighted by molar-refractivity contribution is 6.32. The molecule has 0 fully saturated rings. The molecular weight excluding hydrogens is 348 g/mol. The summed E-state index contributed by atoms with van der Waals surface area (Å²) < 4.78 is 10.1. The number of H-pyrrole nitrogens is 1. The van der Waals surface area contributed by atoms with Gasteiger partial charge in [-0.2, -0.15) is 10.2 Å². The molecule has 1 aromatic carbocycles. The van der Waals surface area contributed by atoms with Gasteiger partial charge < -0.3 is 9.15 Å². The van der Waals surface area contributed by atoms with E-state index in [1.54, 1.807) is 30.3 Å². The van der Waals surface area contributed by atoms with Crippen molar-refractivity contribution in [1.82, 2.24) is 10.2 Å². The predicted octanol–water partition coefficient (Wildman–Crippen LogP) is 2.68. The van der Waals surface area contributed by atoms with E-state index in [-0.39, 0.29) is 16.5 Å². The van der Waals surface area contributed by atoms with E-state index in [0.717, 1.165) is 5.56 Å². The number of halogens is 1. The van der Waals surface area contributed by atoms with Gasteiger partial charge >= 0.3 is 5.97 Å². The zero-order valence-corrected chi connectivity index (χ0v) is 13.4. The minimum atomic E-state index is -0.579. The number of hydrazone groups is 1. The second kappa shape index (κ2) is 7.45. The van der Waals surface area contributed by atoms with Crippen molar-refractivity contribution >= 4 is 29.5 Å². The largest absolute Gasteiger partial charge is 0.457 e. The number of carbonyl (C=O) groups excluding carboxylic acids is 1. The second-order valence-electron chi connectivity index (χ2n) is 4.73. The SMILES string of the molecule is O=C(Oc1ccc(/C=N/Nc2cn[nH]c(=O)c2Cl)cc1)c1ccco1. The predicted molar refractivity (Wildman–Crippen MR) is 91.2 cm³/mol. The molecule has 0 saturated carbocycles. The number of esters is 1. The molecule has 0 unspecified atom stereocenters. The van der Waals surface area contributed by atoms with Crippen molar-refractivity contribution in [3.63, 3.8) is 0 Å². The van der Waals surface area contributed by atoms with Gasteiger partial charge in [0.25, 0.3) is 5.56 Å². The fourth-order valence-corrected chi connectivity index (χ4v) is 1.95. The zero-order chi connectivity index (χ0) is 17.6. The molecule has 0 saturated heterocycles. The summed E-state index contributed by atoms with van der Waals surface area (Å²) >= 11 is 5.81. The maximum atomic E-state index is 11.7. The van der Waals surface area contributed by atoms with E-state index >= 15 is 0 Å². The Hall–Kier alpha value is -3.39. The van der Waals surface area contributed by atoms with E-state index in [1.807, 2.05) is 0 Å².